The molecule has 2 aliphatic rings. The van der Waals surface area contributed by atoms with Crippen molar-refractivity contribution in [2.24, 2.45) is 0 Å². The number of hydrogen-bond donors (Lipinski definition) is 1. The second kappa shape index (κ2) is 4.61. The molecule has 2 atom stereocenters. The number of fused-ring (bicyclic) bond motifs is 1. The SMILES string of the molecule is CC1COCCN1C(=O)C1CNc2ccccc21. The fraction of sp³-hybridized carbons (Fsp3) is 0.500. The molecule has 0 bridgehead atoms. The molecule has 1 amide bonds. The lowest BCUT2D eigenvalue weighted by atomic mass is 9.99. The molecule has 1 aromatic rings. The van der Waals surface area contributed by atoms with Gasteiger partial charge in [0.05, 0.1) is 25.2 Å². The summed E-state index contributed by atoms with van der Waals surface area (Å²) in [5.41, 5.74) is 2.22. The number of anilines is 1. The molecule has 0 spiro atoms. The van der Waals surface area contributed by atoms with Crippen LogP contribution in [0, 0.1) is 0 Å². The van der Waals surface area contributed by atoms with Gasteiger partial charge in [-0.15, -0.1) is 0 Å². The van der Waals surface area contributed by atoms with E-state index in [4.69, 9.17) is 4.74 Å². The Hall–Kier alpha value is -1.55. The molecule has 1 aromatic carbocycles. The Morgan fingerprint density at radius 3 is 3.11 bits per heavy atom. The van der Waals surface area contributed by atoms with Crippen molar-refractivity contribution in [2.75, 3.05) is 31.6 Å². The summed E-state index contributed by atoms with van der Waals surface area (Å²) in [6.07, 6.45) is 0. The standard InChI is InChI=1S/C14H18N2O2/c1-10-9-18-7-6-16(10)14(17)12-8-15-13-5-3-2-4-11(12)13/h2-5,10,12,15H,6-9H2,1H3. The predicted octanol–water partition coefficient (Wildman–Crippen LogP) is 1.44. The molecule has 96 valence electrons. The largest absolute Gasteiger partial charge is 0.384 e. The van der Waals surface area contributed by atoms with Crippen LogP contribution in [0.15, 0.2) is 24.3 Å². The van der Waals surface area contributed by atoms with Crippen molar-refractivity contribution in [3.63, 3.8) is 0 Å². The maximum atomic E-state index is 12.6. The van der Waals surface area contributed by atoms with Crippen molar-refractivity contribution in [2.45, 2.75) is 18.9 Å². The normalized spacial score (nSPS) is 26.6. The van der Waals surface area contributed by atoms with Crippen LogP contribution in [0.1, 0.15) is 18.4 Å². The molecule has 4 heteroatoms. The molecule has 1 fully saturated rings. The van der Waals surface area contributed by atoms with Gasteiger partial charge in [-0.2, -0.15) is 0 Å². The first-order valence-electron chi connectivity index (χ1n) is 6.48. The number of ether oxygens (including phenoxy) is 1. The van der Waals surface area contributed by atoms with Crippen molar-refractivity contribution in [3.05, 3.63) is 29.8 Å². The first-order chi connectivity index (χ1) is 8.77. The van der Waals surface area contributed by atoms with Crippen LogP contribution in [-0.4, -0.2) is 43.2 Å². The minimum atomic E-state index is -0.0400. The number of nitrogens with zero attached hydrogens (tertiary/aromatic N) is 1. The molecule has 1 saturated heterocycles. The van der Waals surface area contributed by atoms with E-state index in [0.717, 1.165) is 11.3 Å². The van der Waals surface area contributed by atoms with Crippen LogP contribution in [0.2, 0.25) is 0 Å². The van der Waals surface area contributed by atoms with E-state index >= 15 is 0 Å². The van der Waals surface area contributed by atoms with Gasteiger partial charge >= 0.3 is 0 Å². The van der Waals surface area contributed by atoms with Crippen molar-refractivity contribution in [1.29, 1.82) is 0 Å². The second-order valence-corrected chi connectivity index (χ2v) is 4.98. The van der Waals surface area contributed by atoms with Crippen molar-refractivity contribution in [3.8, 4) is 0 Å². The van der Waals surface area contributed by atoms with Crippen LogP contribution < -0.4 is 5.32 Å². The smallest absolute Gasteiger partial charge is 0.232 e. The topological polar surface area (TPSA) is 41.6 Å². The van der Waals surface area contributed by atoms with Crippen LogP contribution in [-0.2, 0) is 9.53 Å². The van der Waals surface area contributed by atoms with Gasteiger partial charge in [0, 0.05) is 18.8 Å². The average Bonchev–Trinajstić information content (AvgIpc) is 2.82. The lowest BCUT2D eigenvalue weighted by molar-refractivity contribution is -0.140. The number of amides is 1. The summed E-state index contributed by atoms with van der Waals surface area (Å²) in [5.74, 6) is 0.185. The molecule has 0 saturated carbocycles. The summed E-state index contributed by atoms with van der Waals surface area (Å²) in [4.78, 5) is 14.6. The van der Waals surface area contributed by atoms with Crippen LogP contribution in [0.25, 0.3) is 0 Å². The quantitative estimate of drug-likeness (QED) is 0.815. The van der Waals surface area contributed by atoms with Crippen LogP contribution in [0.5, 0.6) is 0 Å². The van der Waals surface area contributed by atoms with Gasteiger partial charge in [0.1, 0.15) is 0 Å². The van der Waals surface area contributed by atoms with Gasteiger partial charge in [-0.25, -0.2) is 0 Å². The third-order valence-electron chi connectivity index (χ3n) is 3.78. The maximum Gasteiger partial charge on any atom is 0.232 e. The van der Waals surface area contributed by atoms with E-state index in [1.807, 2.05) is 36.1 Å². The molecule has 4 nitrogen and oxygen atoms in total. The number of para-hydroxylation sites is 1. The van der Waals surface area contributed by atoms with E-state index in [-0.39, 0.29) is 17.9 Å². The minimum absolute atomic E-state index is 0.0400. The highest BCUT2D eigenvalue weighted by Gasteiger charge is 2.34. The molecule has 3 rings (SSSR count). The Balaban J connectivity index is 1.82. The van der Waals surface area contributed by atoms with Gasteiger partial charge in [-0.05, 0) is 18.6 Å². The number of carbonyl (C=O) groups excluding carboxylic acids is 1. The molecule has 0 aromatic heterocycles. The fourth-order valence-corrected chi connectivity index (χ4v) is 2.76. The van der Waals surface area contributed by atoms with Crippen molar-refractivity contribution >= 4 is 11.6 Å². The maximum absolute atomic E-state index is 12.6. The summed E-state index contributed by atoms with van der Waals surface area (Å²) in [5, 5.41) is 3.31. The van der Waals surface area contributed by atoms with E-state index in [9.17, 15) is 4.79 Å². The molecular weight excluding hydrogens is 228 g/mol. The number of carbonyl (C=O) groups is 1. The lowest BCUT2D eigenvalue weighted by Crippen LogP contribution is -2.49. The summed E-state index contributed by atoms with van der Waals surface area (Å²) in [6.45, 7) is 4.76. The summed E-state index contributed by atoms with van der Waals surface area (Å²) < 4.78 is 5.38. The Kier molecular flexibility index (Phi) is 2.96. The summed E-state index contributed by atoms with van der Waals surface area (Å²) >= 11 is 0. The van der Waals surface area contributed by atoms with Gasteiger partial charge in [0.2, 0.25) is 5.91 Å². The highest BCUT2D eigenvalue weighted by molar-refractivity contribution is 5.88. The van der Waals surface area contributed by atoms with Gasteiger partial charge in [0.15, 0.2) is 0 Å². The molecule has 0 aliphatic carbocycles. The molecule has 2 unspecified atom stereocenters. The lowest BCUT2D eigenvalue weighted by Gasteiger charge is -2.35. The molecule has 1 N–H and O–H groups in total. The van der Waals surface area contributed by atoms with E-state index in [0.29, 0.717) is 26.3 Å². The average molecular weight is 246 g/mol. The zero-order valence-electron chi connectivity index (χ0n) is 10.6. The van der Waals surface area contributed by atoms with Crippen LogP contribution in [0.3, 0.4) is 0 Å². The first-order valence-corrected chi connectivity index (χ1v) is 6.48. The van der Waals surface area contributed by atoms with Crippen molar-refractivity contribution < 1.29 is 9.53 Å². The Morgan fingerprint density at radius 2 is 2.28 bits per heavy atom. The van der Waals surface area contributed by atoms with Crippen molar-refractivity contribution in [1.82, 2.24) is 4.90 Å². The van der Waals surface area contributed by atoms with E-state index in [1.165, 1.54) is 0 Å². The van der Waals surface area contributed by atoms with E-state index in [2.05, 4.69) is 5.32 Å². The predicted molar refractivity (Wildman–Crippen MR) is 69.7 cm³/mol. The Bertz CT molecular complexity index is 461. The number of benzene rings is 1. The van der Waals surface area contributed by atoms with Gasteiger partial charge in [0.25, 0.3) is 0 Å². The second-order valence-electron chi connectivity index (χ2n) is 4.98. The van der Waals surface area contributed by atoms with Gasteiger partial charge < -0.3 is 15.0 Å². The van der Waals surface area contributed by atoms with E-state index in [1.54, 1.807) is 0 Å². The molecule has 2 aliphatic heterocycles. The third kappa shape index (κ3) is 1.86. The van der Waals surface area contributed by atoms with Crippen LogP contribution >= 0.6 is 0 Å². The summed E-state index contributed by atoms with van der Waals surface area (Å²) in [7, 11) is 0. The van der Waals surface area contributed by atoms with Gasteiger partial charge in [-0.3, -0.25) is 4.79 Å². The number of hydrogen-bond acceptors (Lipinski definition) is 3. The fourth-order valence-electron chi connectivity index (χ4n) is 2.76. The first kappa shape index (κ1) is 11.5. The molecule has 2 heterocycles. The van der Waals surface area contributed by atoms with Gasteiger partial charge in [-0.1, -0.05) is 18.2 Å². The van der Waals surface area contributed by atoms with E-state index < -0.39 is 0 Å². The third-order valence-corrected chi connectivity index (χ3v) is 3.78. The monoisotopic (exact) mass is 246 g/mol. The number of rotatable bonds is 1. The minimum Gasteiger partial charge on any atom is -0.384 e. The zero-order valence-corrected chi connectivity index (χ0v) is 10.6. The zero-order chi connectivity index (χ0) is 12.5. The number of nitrogens with one attached hydrogen (secondary N) is 1. The number of morpholine rings is 1. The highest BCUT2D eigenvalue weighted by atomic mass is 16.5. The Labute approximate surface area is 107 Å². The molecule has 0 radical (unpaired) electrons. The Morgan fingerprint density at radius 1 is 1.44 bits per heavy atom. The highest BCUT2D eigenvalue weighted by Crippen LogP contribution is 2.32. The summed E-state index contributed by atoms with van der Waals surface area (Å²) in [6, 6.07) is 8.25. The van der Waals surface area contributed by atoms with Crippen LogP contribution in [0.4, 0.5) is 5.69 Å². The molecular formula is C14H18N2O2. The molecule has 18 heavy (non-hydrogen) atoms.